The number of methoxy groups -OCH3 is 1. The Morgan fingerprint density at radius 1 is 1.32 bits per heavy atom. The van der Waals surface area contributed by atoms with Gasteiger partial charge in [0.1, 0.15) is 0 Å². The van der Waals surface area contributed by atoms with Gasteiger partial charge in [-0.3, -0.25) is 4.90 Å². The van der Waals surface area contributed by atoms with Gasteiger partial charge in [0.05, 0.1) is 7.11 Å². The summed E-state index contributed by atoms with van der Waals surface area (Å²) in [5.74, 6) is 0. The van der Waals surface area contributed by atoms with E-state index in [4.69, 9.17) is 4.74 Å². The predicted octanol–water partition coefficient (Wildman–Crippen LogP) is 3.89. The molecule has 0 spiro atoms. The van der Waals surface area contributed by atoms with Crippen LogP contribution in [0.5, 0.6) is 5.06 Å². The highest BCUT2D eigenvalue weighted by Gasteiger charge is 2.35. The smallest absolute Gasteiger partial charge is 0.173 e. The van der Waals surface area contributed by atoms with Crippen molar-refractivity contribution in [1.82, 2.24) is 9.88 Å². The molecule has 2 aliphatic rings. The minimum atomic E-state index is 0.518. The van der Waals surface area contributed by atoms with Crippen LogP contribution in [-0.4, -0.2) is 23.5 Å². The molecule has 112 valence electrons. The number of aromatic nitrogens is 1. The highest BCUT2D eigenvalue weighted by atomic mass is 32.1. The molecule has 1 aromatic carbocycles. The molecule has 0 amide bonds. The summed E-state index contributed by atoms with van der Waals surface area (Å²) in [6, 6.07) is 11.4. The monoisotopic (exact) mass is 310 g/mol. The lowest BCUT2D eigenvalue weighted by Gasteiger charge is -2.38. The fourth-order valence-electron chi connectivity index (χ4n) is 4.01. The number of ether oxygens (including phenoxy) is 1. The second kappa shape index (κ2) is 4.61. The highest BCUT2D eigenvalue weighted by Crippen LogP contribution is 2.45. The Morgan fingerprint density at radius 3 is 3.14 bits per heavy atom. The van der Waals surface area contributed by atoms with E-state index >= 15 is 0 Å². The standard InChI is InChI=1S/C18H18N2OS/c1-21-17-8-11-6-7-20-10-15-13(9-16(20)18(11)22-17)12-4-2-3-5-14(12)19-15/h2-5,8,16,19H,6-7,9-10H2,1H3/t16-/m0/s1. The number of aromatic amines is 1. The Morgan fingerprint density at radius 2 is 2.23 bits per heavy atom. The lowest BCUT2D eigenvalue weighted by molar-refractivity contribution is 0.163. The zero-order valence-corrected chi connectivity index (χ0v) is 13.4. The molecule has 0 fully saturated rings. The topological polar surface area (TPSA) is 28.3 Å². The van der Waals surface area contributed by atoms with Gasteiger partial charge < -0.3 is 9.72 Å². The summed E-state index contributed by atoms with van der Waals surface area (Å²) < 4.78 is 5.47. The molecule has 0 saturated heterocycles. The van der Waals surface area contributed by atoms with E-state index in [0.29, 0.717) is 6.04 Å². The van der Waals surface area contributed by atoms with Gasteiger partial charge in [-0.05, 0) is 36.1 Å². The van der Waals surface area contributed by atoms with E-state index in [9.17, 15) is 0 Å². The fourth-order valence-corrected chi connectivity index (χ4v) is 5.17. The second-order valence-electron chi connectivity index (χ2n) is 6.23. The van der Waals surface area contributed by atoms with E-state index < -0.39 is 0 Å². The maximum absolute atomic E-state index is 5.47. The zero-order valence-electron chi connectivity index (χ0n) is 12.6. The quantitative estimate of drug-likeness (QED) is 0.738. The number of para-hydroxylation sites is 1. The molecule has 4 heteroatoms. The fraction of sp³-hybridized carbons (Fsp3) is 0.333. The van der Waals surface area contributed by atoms with Crippen LogP contribution in [0.15, 0.2) is 30.3 Å². The molecule has 0 unspecified atom stereocenters. The molecule has 3 nitrogen and oxygen atoms in total. The summed E-state index contributed by atoms with van der Waals surface area (Å²) >= 11 is 1.83. The van der Waals surface area contributed by atoms with Crippen molar-refractivity contribution in [2.75, 3.05) is 13.7 Å². The lowest BCUT2D eigenvalue weighted by Crippen LogP contribution is -2.38. The van der Waals surface area contributed by atoms with Crippen LogP contribution in [0.1, 0.15) is 27.7 Å². The van der Waals surface area contributed by atoms with Gasteiger partial charge in [0.25, 0.3) is 0 Å². The number of rotatable bonds is 1. The number of benzene rings is 1. The van der Waals surface area contributed by atoms with Gasteiger partial charge in [-0.2, -0.15) is 0 Å². The van der Waals surface area contributed by atoms with Gasteiger partial charge in [0, 0.05) is 40.6 Å². The van der Waals surface area contributed by atoms with Crippen LogP contribution in [0.3, 0.4) is 0 Å². The van der Waals surface area contributed by atoms with Crippen molar-refractivity contribution in [3.05, 3.63) is 52.0 Å². The Bertz CT molecular complexity index is 863. The largest absolute Gasteiger partial charge is 0.487 e. The summed E-state index contributed by atoms with van der Waals surface area (Å²) in [5.41, 5.74) is 5.68. The van der Waals surface area contributed by atoms with Gasteiger partial charge in [0.2, 0.25) is 0 Å². The first-order valence-corrected chi connectivity index (χ1v) is 8.64. The second-order valence-corrected chi connectivity index (χ2v) is 7.27. The van der Waals surface area contributed by atoms with E-state index in [-0.39, 0.29) is 0 Å². The van der Waals surface area contributed by atoms with Crippen LogP contribution in [0, 0.1) is 0 Å². The van der Waals surface area contributed by atoms with Crippen LogP contribution >= 0.6 is 11.3 Å². The van der Waals surface area contributed by atoms with Crippen LogP contribution in [0.4, 0.5) is 0 Å². The first-order valence-electron chi connectivity index (χ1n) is 7.82. The average Bonchev–Trinajstić information content (AvgIpc) is 3.13. The molecule has 0 bridgehead atoms. The van der Waals surface area contributed by atoms with E-state index in [1.54, 1.807) is 7.11 Å². The predicted molar refractivity (Wildman–Crippen MR) is 89.7 cm³/mol. The average molecular weight is 310 g/mol. The molecule has 3 aromatic rings. The van der Waals surface area contributed by atoms with Gasteiger partial charge in [0.15, 0.2) is 5.06 Å². The lowest BCUT2D eigenvalue weighted by atomic mass is 9.90. The number of hydrogen-bond acceptors (Lipinski definition) is 3. The van der Waals surface area contributed by atoms with Crippen molar-refractivity contribution in [2.45, 2.75) is 25.4 Å². The molecule has 22 heavy (non-hydrogen) atoms. The van der Waals surface area contributed by atoms with Crippen LogP contribution in [0.25, 0.3) is 10.9 Å². The number of hydrogen-bond donors (Lipinski definition) is 1. The molecule has 2 aliphatic heterocycles. The number of nitrogens with one attached hydrogen (secondary N) is 1. The Hall–Kier alpha value is -1.78. The summed E-state index contributed by atoms with van der Waals surface area (Å²) in [5, 5.41) is 2.45. The van der Waals surface area contributed by atoms with Crippen LogP contribution < -0.4 is 4.74 Å². The first-order chi connectivity index (χ1) is 10.8. The van der Waals surface area contributed by atoms with E-state index in [0.717, 1.165) is 31.0 Å². The van der Waals surface area contributed by atoms with E-state index in [1.807, 2.05) is 11.3 Å². The third kappa shape index (κ3) is 1.71. The van der Waals surface area contributed by atoms with Crippen LogP contribution in [-0.2, 0) is 19.4 Å². The Balaban J connectivity index is 1.63. The van der Waals surface area contributed by atoms with Gasteiger partial charge >= 0.3 is 0 Å². The summed E-state index contributed by atoms with van der Waals surface area (Å²) in [6.45, 7) is 2.18. The summed E-state index contributed by atoms with van der Waals surface area (Å²) in [7, 11) is 1.77. The minimum Gasteiger partial charge on any atom is -0.487 e. The van der Waals surface area contributed by atoms with Gasteiger partial charge in [-0.1, -0.05) is 18.2 Å². The van der Waals surface area contributed by atoms with Crippen molar-refractivity contribution < 1.29 is 4.74 Å². The molecule has 0 saturated carbocycles. The number of thiophene rings is 1. The third-order valence-electron chi connectivity index (χ3n) is 5.09. The van der Waals surface area contributed by atoms with Gasteiger partial charge in [-0.25, -0.2) is 0 Å². The molecule has 0 radical (unpaired) electrons. The highest BCUT2D eigenvalue weighted by molar-refractivity contribution is 7.14. The molecule has 5 rings (SSSR count). The maximum Gasteiger partial charge on any atom is 0.173 e. The van der Waals surface area contributed by atoms with Crippen molar-refractivity contribution in [3.63, 3.8) is 0 Å². The van der Waals surface area contributed by atoms with E-state index in [2.05, 4.69) is 40.2 Å². The summed E-state index contributed by atoms with van der Waals surface area (Å²) in [6.07, 6.45) is 2.25. The van der Waals surface area contributed by atoms with Crippen molar-refractivity contribution in [1.29, 1.82) is 0 Å². The number of fused-ring (bicyclic) bond motifs is 6. The maximum atomic E-state index is 5.47. The molecule has 2 aromatic heterocycles. The SMILES string of the molecule is COc1cc2c(s1)[C@@H]1Cc3c([nH]c4ccccc34)CN1CC2. The van der Waals surface area contributed by atoms with E-state index in [1.165, 1.54) is 32.6 Å². The van der Waals surface area contributed by atoms with Gasteiger partial charge in [-0.15, -0.1) is 11.3 Å². The molecule has 4 heterocycles. The molecular formula is C18H18N2OS. The van der Waals surface area contributed by atoms with Crippen LogP contribution in [0.2, 0.25) is 0 Å². The number of nitrogens with zero attached hydrogens (tertiary/aromatic N) is 1. The Kier molecular flexibility index (Phi) is 2.67. The van der Waals surface area contributed by atoms with Crippen molar-refractivity contribution in [2.24, 2.45) is 0 Å². The first kappa shape index (κ1) is 12.7. The molecule has 0 aliphatic carbocycles. The zero-order chi connectivity index (χ0) is 14.7. The minimum absolute atomic E-state index is 0.518. The molecular weight excluding hydrogens is 292 g/mol. The van der Waals surface area contributed by atoms with Crippen molar-refractivity contribution >= 4 is 22.2 Å². The number of H-pyrrole nitrogens is 1. The molecule has 1 atom stereocenters. The molecule has 1 N–H and O–H groups in total. The summed E-state index contributed by atoms with van der Waals surface area (Å²) in [4.78, 5) is 7.76. The van der Waals surface area contributed by atoms with Crippen molar-refractivity contribution in [3.8, 4) is 5.06 Å². The third-order valence-corrected chi connectivity index (χ3v) is 6.33. The Labute approximate surface area is 133 Å². The normalized spacial score (nSPS) is 20.5.